The predicted molar refractivity (Wildman–Crippen MR) is 63.4 cm³/mol. The molecule has 0 radical (unpaired) electrons. The van der Waals surface area contributed by atoms with Gasteiger partial charge in [0.25, 0.3) is 11.5 Å². The monoisotopic (exact) mass is 253 g/mol. The van der Waals surface area contributed by atoms with Crippen LogP contribution in [0, 0.1) is 5.92 Å². The van der Waals surface area contributed by atoms with Gasteiger partial charge >= 0.3 is 5.69 Å². The summed E-state index contributed by atoms with van der Waals surface area (Å²) in [6.45, 7) is 2.62. The molecule has 2 heterocycles. The van der Waals surface area contributed by atoms with E-state index >= 15 is 0 Å². The average Bonchev–Trinajstić information content (AvgIpc) is 2.32. The zero-order valence-corrected chi connectivity index (χ0v) is 9.97. The highest BCUT2D eigenvalue weighted by molar-refractivity contribution is 5.93. The third-order valence-corrected chi connectivity index (χ3v) is 3.26. The van der Waals surface area contributed by atoms with E-state index in [9.17, 15) is 19.5 Å². The zero-order chi connectivity index (χ0) is 13.3. The van der Waals surface area contributed by atoms with Gasteiger partial charge in [-0.05, 0) is 12.3 Å². The van der Waals surface area contributed by atoms with Crippen molar-refractivity contribution in [3.05, 3.63) is 32.6 Å². The number of hydrogen-bond donors (Lipinski definition) is 3. The molecule has 1 aromatic heterocycles. The minimum absolute atomic E-state index is 0.114. The fourth-order valence-electron chi connectivity index (χ4n) is 1.97. The number of aromatic amines is 2. The number of H-pyrrole nitrogens is 2. The lowest BCUT2D eigenvalue weighted by Crippen LogP contribution is -2.47. The summed E-state index contributed by atoms with van der Waals surface area (Å²) in [5.74, 6) is -0.332. The fraction of sp³-hybridized carbons (Fsp3) is 0.545. The molecule has 0 aliphatic carbocycles. The van der Waals surface area contributed by atoms with E-state index in [1.165, 1.54) is 4.90 Å². The number of carbonyl (C=O) groups excluding carboxylic acids is 1. The third kappa shape index (κ3) is 2.35. The Bertz CT molecular complexity index is 562. The number of β-amino-alcohol motifs (C(OH)–C–C–N with tert-alkyl or cyclic N) is 1. The Hall–Kier alpha value is -1.89. The molecule has 98 valence electrons. The molecule has 1 saturated heterocycles. The van der Waals surface area contributed by atoms with Crippen molar-refractivity contribution in [2.45, 2.75) is 19.4 Å². The fourth-order valence-corrected chi connectivity index (χ4v) is 1.97. The molecule has 0 spiro atoms. The number of amides is 1. The van der Waals surface area contributed by atoms with E-state index in [-0.39, 0.29) is 18.0 Å². The SMILES string of the molecule is CC1CCN(C(=O)c2c[nH]c(=O)[nH]c2=O)CC1O. The molecule has 1 amide bonds. The number of nitrogens with zero attached hydrogens (tertiary/aromatic N) is 1. The van der Waals surface area contributed by atoms with Crippen molar-refractivity contribution in [1.29, 1.82) is 0 Å². The van der Waals surface area contributed by atoms with Crippen molar-refractivity contribution in [3.63, 3.8) is 0 Å². The first-order chi connectivity index (χ1) is 8.49. The van der Waals surface area contributed by atoms with Gasteiger partial charge in [0, 0.05) is 19.3 Å². The van der Waals surface area contributed by atoms with Crippen LogP contribution in [0.25, 0.3) is 0 Å². The van der Waals surface area contributed by atoms with Crippen molar-refractivity contribution in [1.82, 2.24) is 14.9 Å². The lowest BCUT2D eigenvalue weighted by molar-refractivity contribution is 0.0247. The summed E-state index contributed by atoms with van der Waals surface area (Å²) in [7, 11) is 0. The maximum absolute atomic E-state index is 12.1. The number of aromatic nitrogens is 2. The van der Waals surface area contributed by atoms with Crippen molar-refractivity contribution in [2.75, 3.05) is 13.1 Å². The second-order valence-corrected chi connectivity index (χ2v) is 4.57. The molecular weight excluding hydrogens is 238 g/mol. The summed E-state index contributed by atoms with van der Waals surface area (Å²) in [4.78, 5) is 40.1. The lowest BCUT2D eigenvalue weighted by atomic mass is 9.96. The quantitative estimate of drug-likeness (QED) is 0.591. The van der Waals surface area contributed by atoms with Gasteiger partial charge in [-0.3, -0.25) is 14.6 Å². The van der Waals surface area contributed by atoms with E-state index in [1.807, 2.05) is 11.9 Å². The van der Waals surface area contributed by atoms with Crippen LogP contribution in [0.1, 0.15) is 23.7 Å². The normalized spacial score (nSPS) is 24.0. The summed E-state index contributed by atoms with van der Waals surface area (Å²) in [6.07, 6.45) is 1.21. The Morgan fingerprint density at radius 1 is 1.50 bits per heavy atom. The molecule has 7 nitrogen and oxygen atoms in total. The van der Waals surface area contributed by atoms with Crippen LogP contribution in [-0.4, -0.2) is 45.1 Å². The van der Waals surface area contributed by atoms with Crippen LogP contribution in [-0.2, 0) is 0 Å². The Balaban J connectivity index is 2.22. The Morgan fingerprint density at radius 3 is 2.83 bits per heavy atom. The molecule has 0 saturated carbocycles. The van der Waals surface area contributed by atoms with E-state index < -0.39 is 23.3 Å². The van der Waals surface area contributed by atoms with E-state index in [2.05, 4.69) is 4.98 Å². The minimum atomic E-state index is -0.711. The molecule has 2 unspecified atom stereocenters. The molecule has 2 atom stereocenters. The molecule has 18 heavy (non-hydrogen) atoms. The van der Waals surface area contributed by atoms with Gasteiger partial charge in [-0.2, -0.15) is 0 Å². The Morgan fingerprint density at radius 2 is 2.22 bits per heavy atom. The second-order valence-electron chi connectivity index (χ2n) is 4.57. The van der Waals surface area contributed by atoms with Gasteiger partial charge in [0.1, 0.15) is 5.56 Å². The molecule has 7 heteroatoms. The molecule has 1 aromatic rings. The number of piperidine rings is 1. The van der Waals surface area contributed by atoms with E-state index in [0.29, 0.717) is 13.0 Å². The van der Waals surface area contributed by atoms with Crippen molar-refractivity contribution in [2.24, 2.45) is 5.92 Å². The van der Waals surface area contributed by atoms with Crippen LogP contribution in [0.3, 0.4) is 0 Å². The summed E-state index contributed by atoms with van der Waals surface area (Å²) < 4.78 is 0. The van der Waals surface area contributed by atoms with E-state index in [4.69, 9.17) is 0 Å². The van der Waals surface area contributed by atoms with Gasteiger partial charge in [-0.15, -0.1) is 0 Å². The number of likely N-dealkylation sites (tertiary alicyclic amines) is 1. The molecule has 1 aliphatic heterocycles. The van der Waals surface area contributed by atoms with Gasteiger partial charge in [-0.25, -0.2) is 4.79 Å². The van der Waals surface area contributed by atoms with Crippen LogP contribution >= 0.6 is 0 Å². The van der Waals surface area contributed by atoms with Gasteiger partial charge in [-0.1, -0.05) is 6.92 Å². The molecule has 0 bridgehead atoms. The van der Waals surface area contributed by atoms with Crippen molar-refractivity contribution < 1.29 is 9.90 Å². The third-order valence-electron chi connectivity index (χ3n) is 3.26. The number of hydrogen-bond acceptors (Lipinski definition) is 4. The van der Waals surface area contributed by atoms with Crippen LogP contribution in [0.15, 0.2) is 15.8 Å². The first kappa shape index (κ1) is 12.6. The van der Waals surface area contributed by atoms with Gasteiger partial charge in [0.15, 0.2) is 0 Å². The molecule has 1 aliphatic rings. The van der Waals surface area contributed by atoms with Crippen LogP contribution in [0.4, 0.5) is 0 Å². The van der Waals surface area contributed by atoms with Crippen molar-refractivity contribution in [3.8, 4) is 0 Å². The molecule has 0 aromatic carbocycles. The molecule has 2 rings (SSSR count). The number of aliphatic hydroxyl groups is 1. The van der Waals surface area contributed by atoms with Gasteiger partial charge in [0.05, 0.1) is 6.10 Å². The molecule has 1 fully saturated rings. The smallest absolute Gasteiger partial charge is 0.325 e. The largest absolute Gasteiger partial charge is 0.391 e. The Kier molecular flexibility index (Phi) is 3.33. The first-order valence-electron chi connectivity index (χ1n) is 5.78. The highest BCUT2D eigenvalue weighted by atomic mass is 16.3. The number of aliphatic hydroxyl groups excluding tert-OH is 1. The van der Waals surface area contributed by atoms with Gasteiger partial charge in [0.2, 0.25) is 0 Å². The topological polar surface area (TPSA) is 106 Å². The van der Waals surface area contributed by atoms with Crippen LogP contribution in [0.2, 0.25) is 0 Å². The molecular formula is C11H15N3O4. The minimum Gasteiger partial charge on any atom is -0.391 e. The maximum atomic E-state index is 12.1. The predicted octanol–water partition coefficient (Wildman–Crippen LogP) is -1.09. The summed E-state index contributed by atoms with van der Waals surface area (Å²) in [5.41, 5.74) is -1.47. The number of nitrogens with one attached hydrogen (secondary N) is 2. The molecule has 3 N–H and O–H groups in total. The maximum Gasteiger partial charge on any atom is 0.325 e. The average molecular weight is 253 g/mol. The summed E-state index contributed by atoms with van der Waals surface area (Å²) in [5, 5.41) is 9.72. The summed E-state index contributed by atoms with van der Waals surface area (Å²) >= 11 is 0. The zero-order valence-electron chi connectivity index (χ0n) is 9.97. The highest BCUT2D eigenvalue weighted by Crippen LogP contribution is 2.17. The Labute approximate surface area is 102 Å². The standard InChI is InChI=1S/C11H15N3O4/c1-6-2-3-14(5-8(6)15)10(17)7-4-12-11(18)13-9(7)16/h4,6,8,15H,2-3,5H2,1H3,(H2,12,13,16,18). The number of carbonyl (C=O) groups is 1. The van der Waals surface area contributed by atoms with Crippen LogP contribution in [0.5, 0.6) is 0 Å². The summed E-state index contributed by atoms with van der Waals surface area (Å²) in [6, 6.07) is 0. The van der Waals surface area contributed by atoms with Crippen molar-refractivity contribution >= 4 is 5.91 Å². The van der Waals surface area contributed by atoms with E-state index in [1.54, 1.807) is 0 Å². The van der Waals surface area contributed by atoms with Gasteiger partial charge < -0.3 is 15.0 Å². The lowest BCUT2D eigenvalue weighted by Gasteiger charge is -2.34. The van der Waals surface area contributed by atoms with Crippen LogP contribution < -0.4 is 11.2 Å². The van der Waals surface area contributed by atoms with E-state index in [0.717, 1.165) is 6.20 Å². The number of rotatable bonds is 1. The highest BCUT2D eigenvalue weighted by Gasteiger charge is 2.28. The first-order valence-corrected chi connectivity index (χ1v) is 5.78. The second kappa shape index (κ2) is 4.77.